The highest BCUT2D eigenvalue weighted by Gasteiger charge is 2.08. The molecule has 0 fully saturated rings. The molecule has 27 heavy (non-hydrogen) atoms. The van der Waals surface area contributed by atoms with Crippen molar-refractivity contribution in [3.63, 3.8) is 0 Å². The lowest BCUT2D eigenvalue weighted by molar-refractivity contribution is 0.0953. The topological polar surface area (TPSA) is 66.9 Å². The first-order valence-corrected chi connectivity index (χ1v) is 8.77. The Morgan fingerprint density at radius 1 is 1.11 bits per heavy atom. The van der Waals surface area contributed by atoms with E-state index in [4.69, 9.17) is 11.6 Å². The maximum Gasteiger partial charge on any atom is 0.254 e. The fourth-order valence-electron chi connectivity index (χ4n) is 2.45. The van der Waals surface area contributed by atoms with Crippen molar-refractivity contribution in [3.8, 4) is 0 Å². The van der Waals surface area contributed by atoms with Gasteiger partial charge < -0.3 is 10.6 Å². The molecule has 0 spiro atoms. The van der Waals surface area contributed by atoms with Crippen LogP contribution in [0.4, 0.5) is 16.0 Å². The van der Waals surface area contributed by atoms with E-state index in [-0.39, 0.29) is 11.7 Å². The zero-order chi connectivity index (χ0) is 19.2. The van der Waals surface area contributed by atoms with E-state index in [0.29, 0.717) is 29.5 Å². The van der Waals surface area contributed by atoms with Gasteiger partial charge in [-0.3, -0.25) is 4.79 Å². The normalized spacial score (nSPS) is 10.5. The molecule has 0 atom stereocenters. The lowest BCUT2D eigenvalue weighted by atomic mass is 10.1. The van der Waals surface area contributed by atoms with Gasteiger partial charge in [-0.1, -0.05) is 29.8 Å². The highest BCUT2D eigenvalue weighted by atomic mass is 35.5. The number of nitrogens with zero attached hydrogens (tertiary/aromatic N) is 2. The van der Waals surface area contributed by atoms with Crippen LogP contribution >= 0.6 is 11.6 Å². The molecule has 0 aliphatic carbocycles. The Labute approximate surface area is 161 Å². The molecule has 138 valence electrons. The second-order valence-electron chi connectivity index (χ2n) is 5.97. The van der Waals surface area contributed by atoms with E-state index in [1.54, 1.807) is 12.1 Å². The van der Waals surface area contributed by atoms with Crippen molar-refractivity contribution in [2.75, 3.05) is 11.9 Å². The van der Waals surface area contributed by atoms with E-state index in [2.05, 4.69) is 20.6 Å². The molecule has 7 heteroatoms. The number of anilines is 2. The molecule has 0 saturated heterocycles. The second-order valence-corrected chi connectivity index (χ2v) is 6.37. The lowest BCUT2D eigenvalue weighted by Crippen LogP contribution is -2.26. The molecule has 3 aromatic rings. The zero-order valence-electron chi connectivity index (χ0n) is 14.7. The van der Waals surface area contributed by atoms with Crippen LogP contribution in [-0.4, -0.2) is 22.4 Å². The largest absolute Gasteiger partial charge is 0.352 e. The summed E-state index contributed by atoms with van der Waals surface area (Å²) in [5, 5.41) is 6.53. The Balaban J connectivity index is 1.55. The number of carbonyl (C=O) groups excluding carboxylic acids is 1. The molecule has 1 aromatic heterocycles. The van der Waals surface area contributed by atoms with Crippen LogP contribution in [-0.2, 0) is 6.42 Å². The Morgan fingerprint density at radius 2 is 1.81 bits per heavy atom. The van der Waals surface area contributed by atoms with Gasteiger partial charge in [-0.05, 0) is 48.7 Å². The SMILES string of the molecule is Cc1c(Cl)cccc1Nc1ncc(C(=O)NCCc2ccc(F)cc2)cn1. The monoisotopic (exact) mass is 384 g/mol. The van der Waals surface area contributed by atoms with Gasteiger partial charge in [-0.2, -0.15) is 0 Å². The number of benzene rings is 2. The third-order valence-electron chi connectivity index (χ3n) is 4.04. The van der Waals surface area contributed by atoms with Crippen LogP contribution in [0.15, 0.2) is 54.9 Å². The first-order chi connectivity index (χ1) is 13.0. The van der Waals surface area contributed by atoms with Crippen molar-refractivity contribution in [3.05, 3.63) is 82.4 Å². The summed E-state index contributed by atoms with van der Waals surface area (Å²) in [5.41, 5.74) is 3.01. The molecule has 0 saturated carbocycles. The van der Waals surface area contributed by atoms with Crippen LogP contribution in [0.3, 0.4) is 0 Å². The fraction of sp³-hybridized carbons (Fsp3) is 0.150. The summed E-state index contributed by atoms with van der Waals surface area (Å²) in [6, 6.07) is 11.7. The van der Waals surface area contributed by atoms with Crippen molar-refractivity contribution < 1.29 is 9.18 Å². The highest BCUT2D eigenvalue weighted by molar-refractivity contribution is 6.31. The van der Waals surface area contributed by atoms with Crippen LogP contribution in [0.5, 0.6) is 0 Å². The molecule has 0 radical (unpaired) electrons. The number of aromatic nitrogens is 2. The van der Waals surface area contributed by atoms with Gasteiger partial charge in [0.2, 0.25) is 5.95 Å². The molecule has 1 amide bonds. The Hall–Kier alpha value is -2.99. The van der Waals surface area contributed by atoms with E-state index in [9.17, 15) is 9.18 Å². The molecule has 5 nitrogen and oxygen atoms in total. The van der Waals surface area contributed by atoms with Crippen LogP contribution in [0.2, 0.25) is 5.02 Å². The minimum absolute atomic E-state index is 0.261. The molecule has 2 N–H and O–H groups in total. The lowest BCUT2D eigenvalue weighted by Gasteiger charge is -2.09. The smallest absolute Gasteiger partial charge is 0.254 e. The molecule has 0 bridgehead atoms. The van der Waals surface area contributed by atoms with E-state index in [0.717, 1.165) is 16.8 Å². The number of hydrogen-bond donors (Lipinski definition) is 2. The zero-order valence-corrected chi connectivity index (χ0v) is 15.4. The quantitative estimate of drug-likeness (QED) is 0.665. The molecular formula is C20H18ClFN4O. The van der Waals surface area contributed by atoms with Gasteiger partial charge in [0.1, 0.15) is 5.82 Å². The summed E-state index contributed by atoms with van der Waals surface area (Å²) in [6.45, 7) is 2.33. The second kappa shape index (κ2) is 8.60. The van der Waals surface area contributed by atoms with Gasteiger partial charge in [0, 0.05) is 29.6 Å². The van der Waals surface area contributed by atoms with E-state index >= 15 is 0 Å². The first-order valence-electron chi connectivity index (χ1n) is 8.40. The number of hydrogen-bond acceptors (Lipinski definition) is 4. The van der Waals surface area contributed by atoms with E-state index < -0.39 is 0 Å². The van der Waals surface area contributed by atoms with Gasteiger partial charge in [-0.25, -0.2) is 14.4 Å². The van der Waals surface area contributed by atoms with Crippen LogP contribution in [0, 0.1) is 12.7 Å². The molecule has 3 rings (SSSR count). The summed E-state index contributed by atoms with van der Waals surface area (Å²) >= 11 is 6.10. The Morgan fingerprint density at radius 3 is 2.52 bits per heavy atom. The van der Waals surface area contributed by atoms with Gasteiger partial charge in [0.15, 0.2) is 0 Å². The standard InChI is InChI=1S/C20H18ClFN4O/c1-13-17(21)3-2-4-18(13)26-20-24-11-15(12-25-20)19(27)23-10-9-14-5-7-16(22)8-6-14/h2-8,11-12H,9-10H2,1H3,(H,23,27)(H,24,25,26). The average Bonchev–Trinajstić information content (AvgIpc) is 2.67. The maximum atomic E-state index is 12.9. The summed E-state index contributed by atoms with van der Waals surface area (Å²) < 4.78 is 12.9. The highest BCUT2D eigenvalue weighted by Crippen LogP contribution is 2.24. The van der Waals surface area contributed by atoms with Gasteiger partial charge in [0.25, 0.3) is 5.91 Å². The number of amides is 1. The third-order valence-corrected chi connectivity index (χ3v) is 4.45. The summed E-state index contributed by atoms with van der Waals surface area (Å²) in [6.07, 6.45) is 3.53. The maximum absolute atomic E-state index is 12.9. The minimum Gasteiger partial charge on any atom is -0.352 e. The summed E-state index contributed by atoms with van der Waals surface area (Å²) in [7, 11) is 0. The summed E-state index contributed by atoms with van der Waals surface area (Å²) in [5.74, 6) is -0.160. The van der Waals surface area contributed by atoms with Crippen LogP contribution in [0.25, 0.3) is 0 Å². The Bertz CT molecular complexity index is 930. The first kappa shape index (κ1) is 18.8. The third kappa shape index (κ3) is 5.01. The van der Waals surface area contributed by atoms with E-state index in [1.807, 2.05) is 25.1 Å². The van der Waals surface area contributed by atoms with Crippen LogP contribution < -0.4 is 10.6 Å². The number of nitrogens with one attached hydrogen (secondary N) is 2. The molecule has 0 aliphatic rings. The summed E-state index contributed by atoms with van der Waals surface area (Å²) in [4.78, 5) is 20.5. The van der Waals surface area contributed by atoms with Gasteiger partial charge in [-0.15, -0.1) is 0 Å². The van der Waals surface area contributed by atoms with Crippen molar-refractivity contribution in [2.45, 2.75) is 13.3 Å². The predicted molar refractivity (Wildman–Crippen MR) is 104 cm³/mol. The molecule has 0 aliphatic heterocycles. The average molecular weight is 385 g/mol. The fourth-order valence-corrected chi connectivity index (χ4v) is 2.62. The Kier molecular flexibility index (Phi) is 5.98. The number of halogens is 2. The molecule has 1 heterocycles. The predicted octanol–water partition coefficient (Wildman–Crippen LogP) is 4.29. The van der Waals surface area contributed by atoms with Crippen molar-refractivity contribution in [1.29, 1.82) is 0 Å². The van der Waals surface area contributed by atoms with Crippen LogP contribution in [0.1, 0.15) is 21.5 Å². The number of rotatable bonds is 6. The van der Waals surface area contributed by atoms with Gasteiger partial charge in [0.05, 0.1) is 5.56 Å². The van der Waals surface area contributed by atoms with Gasteiger partial charge >= 0.3 is 0 Å². The molecular weight excluding hydrogens is 367 g/mol. The molecule has 0 unspecified atom stereocenters. The number of carbonyl (C=O) groups is 1. The van der Waals surface area contributed by atoms with Crippen molar-refractivity contribution in [2.24, 2.45) is 0 Å². The molecule has 2 aromatic carbocycles. The van der Waals surface area contributed by atoms with Crippen molar-refractivity contribution >= 4 is 29.1 Å². The van der Waals surface area contributed by atoms with Crippen molar-refractivity contribution in [1.82, 2.24) is 15.3 Å². The minimum atomic E-state index is -0.276. The van der Waals surface area contributed by atoms with E-state index in [1.165, 1.54) is 24.5 Å².